The van der Waals surface area contributed by atoms with Crippen molar-refractivity contribution >= 4 is 75.3 Å². The Morgan fingerprint density at radius 3 is 2.05 bits per heavy atom. The van der Waals surface area contributed by atoms with Crippen molar-refractivity contribution in [2.75, 3.05) is 0 Å². The van der Waals surface area contributed by atoms with Gasteiger partial charge in [0.05, 0.1) is 26.3 Å². The maximum absolute atomic E-state index is 9.16. The van der Waals surface area contributed by atoms with Gasteiger partial charge >= 0.3 is 0 Å². The molecule has 0 atom stereocenters. The van der Waals surface area contributed by atoms with Crippen LogP contribution in [0.15, 0.2) is 186 Å². The molecule has 266 valence electrons. The summed E-state index contributed by atoms with van der Waals surface area (Å²) in [6.07, 6.45) is 0. The van der Waals surface area contributed by atoms with Gasteiger partial charge in [0.2, 0.25) is 0 Å². The number of hydrogen-bond acceptors (Lipinski definition) is 5. The zero-order valence-corrected chi connectivity index (χ0v) is 30.7. The third-order valence-corrected chi connectivity index (χ3v) is 11.7. The number of benzene rings is 8. The zero-order valence-electron chi connectivity index (χ0n) is 36.9. The zero-order chi connectivity index (χ0) is 43.5. The second kappa shape index (κ2) is 12.6. The maximum Gasteiger partial charge on any atom is 0.166 e. The number of aromatic nitrogens is 4. The van der Waals surface area contributed by atoms with Gasteiger partial charge in [0.1, 0.15) is 11.2 Å². The molecule has 0 aliphatic carbocycles. The van der Waals surface area contributed by atoms with E-state index in [2.05, 4.69) is 36.4 Å². The van der Waals surface area contributed by atoms with Crippen molar-refractivity contribution in [2.45, 2.75) is 0 Å². The lowest BCUT2D eigenvalue weighted by Crippen LogP contribution is -2.03. The van der Waals surface area contributed by atoms with E-state index in [1.54, 1.807) is 28.0 Å². The fourth-order valence-electron chi connectivity index (χ4n) is 7.99. The van der Waals surface area contributed by atoms with Crippen molar-refractivity contribution in [1.82, 2.24) is 19.5 Å². The van der Waals surface area contributed by atoms with Crippen LogP contribution < -0.4 is 0 Å². The van der Waals surface area contributed by atoms with Crippen molar-refractivity contribution < 1.29 is 14.0 Å². The van der Waals surface area contributed by atoms with E-state index in [0.29, 0.717) is 22.9 Å². The number of thiophene rings is 1. The first-order valence-electron chi connectivity index (χ1n) is 21.9. The largest absolute Gasteiger partial charge is 0.455 e. The Morgan fingerprint density at radius 2 is 1.12 bits per heavy atom. The van der Waals surface area contributed by atoms with Crippen LogP contribution in [0.5, 0.6) is 0 Å². The molecule has 8 aromatic carbocycles. The lowest BCUT2D eigenvalue weighted by Gasteiger charge is -2.15. The smallest absolute Gasteiger partial charge is 0.166 e. The van der Waals surface area contributed by atoms with Crippen LogP contribution >= 0.6 is 11.3 Å². The Kier molecular flexibility index (Phi) is 5.65. The van der Waals surface area contributed by atoms with Gasteiger partial charge < -0.3 is 8.98 Å². The van der Waals surface area contributed by atoms with E-state index in [1.807, 2.05) is 84.9 Å². The molecule has 0 aliphatic rings. The monoisotopic (exact) mass is 753 g/mol. The summed E-state index contributed by atoms with van der Waals surface area (Å²) >= 11 is 1.69. The van der Waals surface area contributed by atoms with Gasteiger partial charge in [-0.3, -0.25) is 0 Å². The summed E-state index contributed by atoms with van der Waals surface area (Å²) in [5.41, 5.74) is 6.05. The fourth-order valence-corrected chi connectivity index (χ4v) is 9.13. The molecule has 4 heterocycles. The van der Waals surface area contributed by atoms with E-state index in [4.69, 9.17) is 29.0 Å². The Hall–Kier alpha value is -7.41. The second-order valence-corrected chi connectivity index (χ2v) is 14.9. The summed E-state index contributed by atoms with van der Waals surface area (Å²) in [6, 6.07) is 42.9. The molecule has 0 N–H and O–H groups in total. The lowest BCUT2D eigenvalue weighted by atomic mass is 10.00. The molecule has 0 aliphatic heterocycles. The highest BCUT2D eigenvalue weighted by atomic mass is 32.1. The van der Waals surface area contributed by atoms with Gasteiger partial charge in [-0.2, -0.15) is 0 Å². The third kappa shape index (κ3) is 5.04. The number of rotatable bonds is 5. The highest BCUT2D eigenvalue weighted by Crippen LogP contribution is 2.40. The Balaban J connectivity index is 1.12. The van der Waals surface area contributed by atoms with Crippen molar-refractivity contribution in [3.63, 3.8) is 0 Å². The first kappa shape index (κ1) is 25.6. The van der Waals surface area contributed by atoms with Gasteiger partial charge in [-0.05, 0) is 54.0 Å². The van der Waals surface area contributed by atoms with Crippen LogP contribution in [0.2, 0.25) is 0 Å². The summed E-state index contributed by atoms with van der Waals surface area (Å²) in [5, 5.41) is 4.50. The van der Waals surface area contributed by atoms with E-state index >= 15 is 0 Å². The predicted octanol–water partition coefficient (Wildman–Crippen LogP) is 13.9. The van der Waals surface area contributed by atoms with E-state index in [0.717, 1.165) is 54.3 Å². The Bertz CT molecular complexity index is 3970. The van der Waals surface area contributed by atoms with Crippen LogP contribution in [0.25, 0.3) is 115 Å². The van der Waals surface area contributed by atoms with E-state index in [-0.39, 0.29) is 57.8 Å². The van der Waals surface area contributed by atoms with Crippen molar-refractivity contribution in [3.8, 4) is 51.0 Å². The molecule has 0 radical (unpaired) electrons. The van der Waals surface area contributed by atoms with Crippen LogP contribution in [-0.4, -0.2) is 19.5 Å². The minimum absolute atomic E-state index is 0.0633. The summed E-state index contributed by atoms with van der Waals surface area (Å²) in [7, 11) is 0. The van der Waals surface area contributed by atoms with Crippen LogP contribution in [0.3, 0.4) is 0 Å². The lowest BCUT2D eigenvalue weighted by molar-refractivity contribution is 0.670. The third-order valence-electron chi connectivity index (χ3n) is 10.6. The first-order chi connectivity index (χ1) is 31.1. The number of fused-ring (bicyclic) bond motifs is 9. The molecule has 0 saturated heterocycles. The van der Waals surface area contributed by atoms with E-state index < -0.39 is 12.1 Å². The molecule has 4 aromatic heterocycles. The topological polar surface area (TPSA) is 56.7 Å². The Morgan fingerprint density at radius 1 is 0.456 bits per heavy atom. The van der Waals surface area contributed by atoms with Gasteiger partial charge in [0.25, 0.3) is 0 Å². The highest BCUT2D eigenvalue weighted by Gasteiger charge is 2.20. The average molecular weight is 754 g/mol. The fraction of sp³-hybridized carbons (Fsp3) is 0. The molecular formula is C51H30N4OS. The van der Waals surface area contributed by atoms with Crippen LogP contribution in [0.4, 0.5) is 0 Å². The van der Waals surface area contributed by atoms with Gasteiger partial charge in [0.15, 0.2) is 17.5 Å². The standard InChI is InChI=1S/C51H30N4OS/c1-6-22-42-35(15-1)36-16-2-7-23-43(36)55(42)44-24-8-3-19-41(44)51-53-49(52-50(54-51)33-27-28-39-38-18-5-10-26-46(38)57-47(39)30-33)32-14-11-13-31(29-32)34-20-12-21-40-37-17-4-9-25-45(37)56-48(34)40/h1-30H/i1D,2D,6D,15D,16D,22D,23D. The second-order valence-electron chi connectivity index (χ2n) is 13.8. The number of hydrogen-bond donors (Lipinski definition) is 0. The normalized spacial score (nSPS) is 13.6. The van der Waals surface area contributed by atoms with Gasteiger partial charge in [0, 0.05) is 64.0 Å². The number of nitrogens with zero attached hydrogens (tertiary/aromatic N) is 4. The molecule has 0 amide bonds. The van der Waals surface area contributed by atoms with Crippen LogP contribution in [0, 0.1) is 0 Å². The molecule has 57 heavy (non-hydrogen) atoms. The molecule has 0 bridgehead atoms. The molecule has 12 rings (SSSR count). The van der Waals surface area contributed by atoms with Gasteiger partial charge in [-0.1, -0.05) is 133 Å². The molecule has 5 nitrogen and oxygen atoms in total. The quantitative estimate of drug-likeness (QED) is 0.176. The van der Waals surface area contributed by atoms with E-state index in [1.165, 1.54) is 16.2 Å². The van der Waals surface area contributed by atoms with Gasteiger partial charge in [-0.25, -0.2) is 15.0 Å². The predicted molar refractivity (Wildman–Crippen MR) is 236 cm³/mol. The van der Waals surface area contributed by atoms with Crippen LogP contribution in [0.1, 0.15) is 9.60 Å². The minimum atomic E-state index is -0.465. The van der Waals surface area contributed by atoms with Crippen LogP contribution in [-0.2, 0) is 0 Å². The van der Waals surface area contributed by atoms with Crippen molar-refractivity contribution in [1.29, 1.82) is 0 Å². The minimum Gasteiger partial charge on any atom is -0.455 e. The number of para-hydroxylation sites is 5. The van der Waals surface area contributed by atoms with E-state index in [9.17, 15) is 0 Å². The van der Waals surface area contributed by atoms with Crippen molar-refractivity contribution in [3.05, 3.63) is 182 Å². The number of furan rings is 1. The maximum atomic E-state index is 9.16. The Labute approximate surface area is 340 Å². The summed E-state index contributed by atoms with van der Waals surface area (Å²) in [5.74, 6) is 1.08. The van der Waals surface area contributed by atoms with Crippen molar-refractivity contribution in [2.24, 2.45) is 0 Å². The molecule has 6 heteroatoms. The van der Waals surface area contributed by atoms with Gasteiger partial charge in [-0.15, -0.1) is 11.3 Å². The molecule has 0 fully saturated rings. The average Bonchev–Trinajstić information content (AvgIpc) is 4.02. The summed E-state index contributed by atoms with van der Waals surface area (Å²) in [6.45, 7) is 0. The summed E-state index contributed by atoms with van der Waals surface area (Å²) < 4.78 is 72.3. The summed E-state index contributed by atoms with van der Waals surface area (Å²) in [4.78, 5) is 15.5. The molecule has 0 saturated carbocycles. The SMILES string of the molecule is [2H]c1cc([2H])c2c(c1[2H])c1c([2H])c([2H])c([2H])c([2H])c1n2-c1ccccc1-c1nc(-c2cccc(-c3cccc4c3oc3ccccc34)c2)nc(-c2ccc3c(c2)sc2ccccc23)n1. The molecular weight excluding hydrogens is 717 g/mol. The molecule has 12 aromatic rings. The first-order valence-corrected chi connectivity index (χ1v) is 19.3. The highest BCUT2D eigenvalue weighted by molar-refractivity contribution is 7.25. The molecule has 0 spiro atoms. The molecule has 0 unspecified atom stereocenters.